The quantitative estimate of drug-likeness (QED) is 0.177. The summed E-state index contributed by atoms with van der Waals surface area (Å²) in [7, 11) is 0. The van der Waals surface area contributed by atoms with Crippen LogP contribution in [0.5, 0.6) is 0 Å². The molecule has 4 nitrogen and oxygen atoms in total. The number of hydrogen-bond donors (Lipinski definition) is 0. The number of para-hydroxylation sites is 2. The maximum Gasteiger partial charge on any atom is 0.143 e. The van der Waals surface area contributed by atoms with Gasteiger partial charge in [0.15, 0.2) is 0 Å². The van der Waals surface area contributed by atoms with Crippen LogP contribution < -0.4 is 4.90 Å². The molecule has 3 heterocycles. The average Bonchev–Trinajstić information content (AvgIpc) is 4.08. The highest BCUT2D eigenvalue weighted by molar-refractivity contribution is 6.19. The largest absolute Gasteiger partial charge is 0.456 e. The van der Waals surface area contributed by atoms with E-state index in [2.05, 4.69) is 206 Å². The standard InChI is InChI=1S/C64H50N2O2/c1-35-20-23-39(36(2)29-35)45-33-52-57(60-43-16-10-12-18-54(43)68-61(45)60)41-25-22-38(31-49(41)64(52,7)8)66(56-19-13-14-28-65-56)37-21-24-40-44-32-51-46(34-50(44)63(5,6)48(40)30-37)58-47(62(51,3)4)26-27-55-59(58)42-15-9-11-17-53(42)67-55/h9-34H,1-8H3. The van der Waals surface area contributed by atoms with Gasteiger partial charge in [0, 0.05) is 60.9 Å². The van der Waals surface area contributed by atoms with Crippen LogP contribution in [0, 0.1) is 13.8 Å². The molecule has 0 atom stereocenters. The van der Waals surface area contributed by atoms with Crippen LogP contribution in [0.3, 0.4) is 0 Å². The molecular formula is C64H50N2O2. The maximum absolute atomic E-state index is 6.84. The van der Waals surface area contributed by atoms with Gasteiger partial charge < -0.3 is 8.83 Å². The molecule has 0 bridgehead atoms. The van der Waals surface area contributed by atoms with Gasteiger partial charge in [0.25, 0.3) is 0 Å². The smallest absolute Gasteiger partial charge is 0.143 e. The second kappa shape index (κ2) is 13.3. The highest BCUT2D eigenvalue weighted by atomic mass is 16.3. The Hall–Kier alpha value is -7.69. The van der Waals surface area contributed by atoms with Gasteiger partial charge in [-0.3, -0.25) is 4.90 Å². The molecule has 328 valence electrons. The first-order valence-electron chi connectivity index (χ1n) is 24.0. The van der Waals surface area contributed by atoms with E-state index in [1.165, 1.54) is 99.6 Å². The third-order valence-corrected chi connectivity index (χ3v) is 16.3. The minimum absolute atomic E-state index is 0.173. The van der Waals surface area contributed by atoms with Crippen LogP contribution in [-0.4, -0.2) is 4.98 Å². The van der Waals surface area contributed by atoms with Gasteiger partial charge in [0.1, 0.15) is 28.1 Å². The lowest BCUT2D eigenvalue weighted by Crippen LogP contribution is -2.18. The summed E-state index contributed by atoms with van der Waals surface area (Å²) in [5.74, 6) is 0.878. The van der Waals surface area contributed by atoms with Crippen molar-refractivity contribution in [2.75, 3.05) is 4.90 Å². The van der Waals surface area contributed by atoms with Gasteiger partial charge in [-0.15, -0.1) is 0 Å². The number of pyridine rings is 1. The molecule has 0 unspecified atom stereocenters. The molecular weight excluding hydrogens is 829 g/mol. The Kier molecular flexibility index (Phi) is 7.70. The van der Waals surface area contributed by atoms with Crippen molar-refractivity contribution in [2.24, 2.45) is 0 Å². The average molecular weight is 879 g/mol. The van der Waals surface area contributed by atoms with E-state index in [1.54, 1.807) is 0 Å². The number of hydrogen-bond acceptors (Lipinski definition) is 4. The fraction of sp³-hybridized carbons (Fsp3) is 0.172. The monoisotopic (exact) mass is 878 g/mol. The molecule has 0 saturated heterocycles. The summed E-state index contributed by atoms with van der Waals surface area (Å²) in [6.07, 6.45) is 1.90. The summed E-state index contributed by atoms with van der Waals surface area (Å²) in [6.45, 7) is 18.7. The SMILES string of the molecule is Cc1ccc(-c2cc3c(c4c2oc2ccccc24)-c2ccc(N(c4ccc5c(c4)C(C)(C)c4cc6c(cc4-5)C(C)(C)c4ccc5oc7ccccc7c5c4-6)c4ccccn4)cc2C3(C)C)c(C)c1. The van der Waals surface area contributed by atoms with E-state index in [-0.39, 0.29) is 16.2 Å². The topological polar surface area (TPSA) is 42.4 Å². The van der Waals surface area contributed by atoms with E-state index < -0.39 is 0 Å². The van der Waals surface area contributed by atoms with Gasteiger partial charge in [0.2, 0.25) is 0 Å². The Morgan fingerprint density at radius 2 is 0.985 bits per heavy atom. The maximum atomic E-state index is 6.84. The number of aryl methyl sites for hydroxylation is 2. The van der Waals surface area contributed by atoms with Crippen molar-refractivity contribution >= 4 is 61.1 Å². The predicted molar refractivity (Wildman–Crippen MR) is 281 cm³/mol. The first-order valence-corrected chi connectivity index (χ1v) is 24.0. The molecule has 0 saturated carbocycles. The van der Waals surface area contributed by atoms with E-state index in [4.69, 9.17) is 13.8 Å². The molecule has 3 aliphatic carbocycles. The number of nitrogens with zero attached hydrogens (tertiary/aromatic N) is 2. The van der Waals surface area contributed by atoms with E-state index in [0.29, 0.717) is 0 Å². The summed E-state index contributed by atoms with van der Waals surface area (Å²) in [5, 5.41) is 4.73. The molecule has 0 N–H and O–H groups in total. The number of aromatic nitrogens is 1. The number of fused-ring (bicyclic) bond motifs is 17. The molecule has 4 heteroatoms. The highest BCUT2D eigenvalue weighted by Crippen LogP contribution is 2.60. The molecule has 0 radical (unpaired) electrons. The van der Waals surface area contributed by atoms with Crippen LogP contribution in [0.2, 0.25) is 0 Å². The Bertz CT molecular complexity index is 4030. The molecule has 0 fully saturated rings. The summed E-state index contributed by atoms with van der Waals surface area (Å²) in [4.78, 5) is 7.38. The second-order valence-electron chi connectivity index (χ2n) is 21.2. The first-order chi connectivity index (χ1) is 32.8. The molecule has 8 aromatic carbocycles. The molecule has 0 aliphatic heterocycles. The first kappa shape index (κ1) is 39.5. The summed E-state index contributed by atoms with van der Waals surface area (Å²) >= 11 is 0. The van der Waals surface area contributed by atoms with Crippen LogP contribution in [0.1, 0.15) is 86.1 Å². The number of furan rings is 2. The van der Waals surface area contributed by atoms with Crippen LogP contribution in [0.15, 0.2) is 167 Å². The number of benzene rings is 8. The molecule has 0 spiro atoms. The Morgan fingerprint density at radius 1 is 0.412 bits per heavy atom. The van der Waals surface area contributed by atoms with Gasteiger partial charge >= 0.3 is 0 Å². The van der Waals surface area contributed by atoms with Crippen molar-refractivity contribution in [3.63, 3.8) is 0 Å². The minimum atomic E-state index is -0.306. The zero-order valence-electron chi connectivity index (χ0n) is 39.7. The van der Waals surface area contributed by atoms with E-state index in [9.17, 15) is 0 Å². The van der Waals surface area contributed by atoms with Gasteiger partial charge in [-0.2, -0.15) is 0 Å². The Balaban J connectivity index is 0.925. The van der Waals surface area contributed by atoms with E-state index in [0.717, 1.165) is 50.5 Å². The molecule has 11 aromatic rings. The van der Waals surface area contributed by atoms with Crippen LogP contribution in [-0.2, 0) is 16.2 Å². The summed E-state index contributed by atoms with van der Waals surface area (Å²) in [5.41, 5.74) is 25.8. The molecule has 3 aromatic heterocycles. The van der Waals surface area contributed by atoms with E-state index in [1.807, 2.05) is 12.3 Å². The van der Waals surface area contributed by atoms with Gasteiger partial charge in [0.05, 0.1) is 0 Å². The van der Waals surface area contributed by atoms with Crippen molar-refractivity contribution < 1.29 is 8.83 Å². The fourth-order valence-electron chi connectivity index (χ4n) is 12.8. The number of anilines is 3. The molecule has 68 heavy (non-hydrogen) atoms. The lowest BCUT2D eigenvalue weighted by molar-refractivity contribution is 0.651. The second-order valence-corrected chi connectivity index (χ2v) is 21.2. The van der Waals surface area contributed by atoms with Crippen LogP contribution in [0.25, 0.3) is 88.4 Å². The van der Waals surface area contributed by atoms with Crippen LogP contribution in [0.4, 0.5) is 17.2 Å². The van der Waals surface area contributed by atoms with Crippen LogP contribution >= 0.6 is 0 Å². The van der Waals surface area contributed by atoms with E-state index >= 15 is 0 Å². The van der Waals surface area contributed by atoms with Crippen molar-refractivity contribution in [3.05, 3.63) is 202 Å². The van der Waals surface area contributed by atoms with Gasteiger partial charge in [-0.1, -0.05) is 126 Å². The third-order valence-electron chi connectivity index (χ3n) is 16.3. The zero-order chi connectivity index (χ0) is 46.2. The molecule has 3 aliphatic rings. The summed E-state index contributed by atoms with van der Waals surface area (Å²) in [6, 6.07) is 56.0. The summed E-state index contributed by atoms with van der Waals surface area (Å²) < 4.78 is 13.3. The van der Waals surface area contributed by atoms with Crippen molar-refractivity contribution in [1.29, 1.82) is 0 Å². The lowest BCUT2D eigenvalue weighted by Gasteiger charge is -2.29. The zero-order valence-corrected chi connectivity index (χ0v) is 39.7. The van der Waals surface area contributed by atoms with Crippen molar-refractivity contribution in [3.8, 4) is 44.5 Å². The molecule has 14 rings (SSSR count). The van der Waals surface area contributed by atoms with Gasteiger partial charge in [-0.25, -0.2) is 4.98 Å². The predicted octanol–water partition coefficient (Wildman–Crippen LogP) is 17.6. The highest BCUT2D eigenvalue weighted by Gasteiger charge is 2.44. The number of rotatable bonds is 4. The van der Waals surface area contributed by atoms with Crippen molar-refractivity contribution in [1.82, 2.24) is 4.98 Å². The fourth-order valence-corrected chi connectivity index (χ4v) is 12.8. The Morgan fingerprint density at radius 3 is 1.72 bits per heavy atom. The van der Waals surface area contributed by atoms with Crippen molar-refractivity contribution in [2.45, 2.75) is 71.6 Å². The Labute approximate surface area is 396 Å². The lowest BCUT2D eigenvalue weighted by atomic mass is 9.79. The normalized spacial score (nSPS) is 15.4. The molecule has 0 amide bonds. The minimum Gasteiger partial charge on any atom is -0.456 e. The van der Waals surface area contributed by atoms with Gasteiger partial charge in [-0.05, 0) is 165 Å². The third kappa shape index (κ3) is 5.07.